The van der Waals surface area contributed by atoms with Crippen molar-refractivity contribution < 1.29 is 9.53 Å². The lowest BCUT2D eigenvalue weighted by Crippen LogP contribution is -2.27. The third-order valence-electron chi connectivity index (χ3n) is 2.60. The van der Waals surface area contributed by atoms with E-state index < -0.39 is 0 Å². The van der Waals surface area contributed by atoms with Crippen LogP contribution in [0.15, 0.2) is 22.7 Å². The number of ether oxygens (including phenoxy) is 1. The van der Waals surface area contributed by atoms with E-state index in [4.69, 9.17) is 10.5 Å². The second-order valence-electron chi connectivity index (χ2n) is 3.79. The van der Waals surface area contributed by atoms with E-state index >= 15 is 0 Å². The highest BCUT2D eigenvalue weighted by atomic mass is 79.9. The van der Waals surface area contributed by atoms with Gasteiger partial charge < -0.3 is 15.4 Å². The van der Waals surface area contributed by atoms with Gasteiger partial charge in [-0.25, -0.2) is 0 Å². The number of halogens is 1. The van der Waals surface area contributed by atoms with Gasteiger partial charge in [-0.05, 0) is 28.1 Å². The molecule has 1 aromatic rings. The Bertz CT molecular complexity index is 422. The van der Waals surface area contributed by atoms with Crippen LogP contribution in [-0.4, -0.2) is 25.6 Å². The monoisotopic (exact) mass is 284 g/mol. The number of benzene rings is 1. The van der Waals surface area contributed by atoms with Crippen LogP contribution in [0.3, 0.4) is 0 Å². The summed E-state index contributed by atoms with van der Waals surface area (Å²) in [7, 11) is 1.60. The van der Waals surface area contributed by atoms with Crippen molar-refractivity contribution in [1.82, 2.24) is 0 Å². The Hall–Kier alpha value is -1.07. The molecule has 2 N–H and O–H groups in total. The molecule has 1 unspecified atom stereocenters. The number of carbonyl (C=O) groups excluding carboxylic acids is 1. The summed E-state index contributed by atoms with van der Waals surface area (Å²) in [4.78, 5) is 13.4. The summed E-state index contributed by atoms with van der Waals surface area (Å²) in [6.45, 7) is 0.573. The van der Waals surface area contributed by atoms with Crippen molar-refractivity contribution in [1.29, 1.82) is 0 Å². The van der Waals surface area contributed by atoms with Gasteiger partial charge in [0.05, 0.1) is 11.6 Å². The zero-order valence-electron chi connectivity index (χ0n) is 8.94. The Morgan fingerprint density at radius 2 is 2.31 bits per heavy atom. The Labute approximate surface area is 102 Å². The second-order valence-corrected chi connectivity index (χ2v) is 4.64. The molecule has 0 bridgehead atoms. The predicted octanol–water partition coefficient (Wildman–Crippen LogP) is 1.52. The average Bonchev–Trinajstić information content (AvgIpc) is 2.59. The van der Waals surface area contributed by atoms with Crippen LogP contribution in [0.25, 0.3) is 0 Å². The number of carbonyl (C=O) groups is 1. The van der Waals surface area contributed by atoms with Crippen molar-refractivity contribution >= 4 is 27.5 Å². The van der Waals surface area contributed by atoms with Crippen LogP contribution >= 0.6 is 15.9 Å². The molecule has 1 heterocycles. The average molecular weight is 285 g/mol. The quantitative estimate of drug-likeness (QED) is 0.896. The molecule has 0 saturated carbocycles. The van der Waals surface area contributed by atoms with Crippen LogP contribution in [0.4, 0.5) is 5.69 Å². The van der Waals surface area contributed by atoms with Gasteiger partial charge in [-0.1, -0.05) is 0 Å². The Balaban J connectivity index is 2.30. The third kappa shape index (κ3) is 2.05. The first-order chi connectivity index (χ1) is 7.61. The molecule has 5 heteroatoms. The SMILES string of the molecule is COc1cc(N2CC(N)CC2=O)ccc1Br. The summed E-state index contributed by atoms with van der Waals surface area (Å²) in [6.07, 6.45) is 0.415. The molecule has 16 heavy (non-hydrogen) atoms. The number of rotatable bonds is 2. The highest BCUT2D eigenvalue weighted by Gasteiger charge is 2.28. The maximum Gasteiger partial charge on any atom is 0.228 e. The fraction of sp³-hybridized carbons (Fsp3) is 0.364. The van der Waals surface area contributed by atoms with Crippen molar-refractivity contribution in [3.8, 4) is 5.75 Å². The molecule has 0 aliphatic carbocycles. The first-order valence-corrected chi connectivity index (χ1v) is 5.80. The van der Waals surface area contributed by atoms with Crippen molar-refractivity contribution in [2.24, 2.45) is 5.73 Å². The molecule has 4 nitrogen and oxygen atoms in total. The molecule has 1 aliphatic rings. The van der Waals surface area contributed by atoms with Crippen LogP contribution in [0, 0.1) is 0 Å². The van der Waals surface area contributed by atoms with E-state index in [-0.39, 0.29) is 11.9 Å². The lowest BCUT2D eigenvalue weighted by atomic mass is 10.3. The van der Waals surface area contributed by atoms with Gasteiger partial charge in [0, 0.05) is 30.8 Å². The zero-order chi connectivity index (χ0) is 11.7. The second kappa shape index (κ2) is 4.43. The summed E-state index contributed by atoms with van der Waals surface area (Å²) >= 11 is 3.37. The van der Waals surface area contributed by atoms with E-state index in [2.05, 4.69) is 15.9 Å². The van der Waals surface area contributed by atoms with Gasteiger partial charge in [-0.3, -0.25) is 4.79 Å². The predicted molar refractivity (Wildman–Crippen MR) is 65.6 cm³/mol. The minimum absolute atomic E-state index is 0.0666. The zero-order valence-corrected chi connectivity index (χ0v) is 10.5. The molecule has 0 radical (unpaired) electrons. The van der Waals surface area contributed by atoms with Gasteiger partial charge in [0.15, 0.2) is 0 Å². The third-order valence-corrected chi connectivity index (χ3v) is 3.26. The largest absolute Gasteiger partial charge is 0.495 e. The number of hydrogen-bond donors (Lipinski definition) is 1. The van der Waals surface area contributed by atoms with Crippen LogP contribution < -0.4 is 15.4 Å². The first-order valence-electron chi connectivity index (χ1n) is 5.01. The number of amides is 1. The molecular weight excluding hydrogens is 272 g/mol. The number of anilines is 1. The van der Waals surface area contributed by atoms with E-state index in [0.29, 0.717) is 18.7 Å². The molecule has 0 spiro atoms. The van der Waals surface area contributed by atoms with Crippen LogP contribution in [0.5, 0.6) is 5.75 Å². The minimum atomic E-state index is -0.0675. The molecule has 1 fully saturated rings. The fourth-order valence-electron chi connectivity index (χ4n) is 1.80. The fourth-order valence-corrected chi connectivity index (χ4v) is 2.21. The Morgan fingerprint density at radius 3 is 2.88 bits per heavy atom. The van der Waals surface area contributed by atoms with Crippen molar-refractivity contribution in [2.75, 3.05) is 18.6 Å². The molecule has 0 aromatic heterocycles. The van der Waals surface area contributed by atoms with E-state index in [1.807, 2.05) is 18.2 Å². The van der Waals surface area contributed by atoms with Gasteiger partial charge in [-0.2, -0.15) is 0 Å². The summed E-state index contributed by atoms with van der Waals surface area (Å²) in [5.41, 5.74) is 6.58. The summed E-state index contributed by atoms with van der Waals surface area (Å²) < 4.78 is 6.06. The summed E-state index contributed by atoms with van der Waals surface area (Å²) in [5, 5.41) is 0. The lowest BCUT2D eigenvalue weighted by molar-refractivity contribution is -0.117. The normalized spacial score (nSPS) is 20.3. The number of hydrogen-bond acceptors (Lipinski definition) is 3. The maximum atomic E-state index is 11.7. The Kier molecular flexibility index (Phi) is 3.16. The van der Waals surface area contributed by atoms with Crippen LogP contribution in [0.1, 0.15) is 6.42 Å². The van der Waals surface area contributed by atoms with Gasteiger partial charge in [-0.15, -0.1) is 0 Å². The van der Waals surface area contributed by atoms with Gasteiger partial charge >= 0.3 is 0 Å². The number of nitrogens with two attached hydrogens (primary N) is 1. The van der Waals surface area contributed by atoms with Crippen LogP contribution in [-0.2, 0) is 4.79 Å². The van der Waals surface area contributed by atoms with Crippen molar-refractivity contribution in [2.45, 2.75) is 12.5 Å². The summed E-state index contributed by atoms with van der Waals surface area (Å²) in [6, 6.07) is 5.51. The van der Waals surface area contributed by atoms with E-state index in [1.54, 1.807) is 12.0 Å². The number of methoxy groups -OCH3 is 1. The molecule has 1 aliphatic heterocycles. The molecular formula is C11H13BrN2O2. The minimum Gasteiger partial charge on any atom is -0.495 e. The molecule has 86 valence electrons. The van der Waals surface area contributed by atoms with Crippen molar-refractivity contribution in [3.63, 3.8) is 0 Å². The number of nitrogens with zero attached hydrogens (tertiary/aromatic N) is 1. The standard InChI is InChI=1S/C11H13BrN2O2/c1-16-10-5-8(2-3-9(10)12)14-6-7(13)4-11(14)15/h2-3,5,7H,4,6,13H2,1H3. The topological polar surface area (TPSA) is 55.6 Å². The van der Waals surface area contributed by atoms with Crippen molar-refractivity contribution in [3.05, 3.63) is 22.7 Å². The molecule has 1 amide bonds. The van der Waals surface area contributed by atoms with Gasteiger partial charge in [0.1, 0.15) is 5.75 Å². The van der Waals surface area contributed by atoms with E-state index in [9.17, 15) is 4.79 Å². The van der Waals surface area contributed by atoms with E-state index in [1.165, 1.54) is 0 Å². The van der Waals surface area contributed by atoms with E-state index in [0.717, 1.165) is 10.2 Å². The van der Waals surface area contributed by atoms with Gasteiger partial charge in [0.2, 0.25) is 5.91 Å². The lowest BCUT2D eigenvalue weighted by Gasteiger charge is -2.17. The molecule has 1 saturated heterocycles. The molecule has 1 aromatic carbocycles. The first kappa shape index (κ1) is 11.4. The van der Waals surface area contributed by atoms with Gasteiger partial charge in [0.25, 0.3) is 0 Å². The smallest absolute Gasteiger partial charge is 0.228 e. The molecule has 2 rings (SSSR count). The summed E-state index contributed by atoms with van der Waals surface area (Å²) in [5.74, 6) is 0.780. The Morgan fingerprint density at radius 1 is 1.56 bits per heavy atom. The highest BCUT2D eigenvalue weighted by molar-refractivity contribution is 9.10. The highest BCUT2D eigenvalue weighted by Crippen LogP contribution is 2.31. The molecule has 1 atom stereocenters. The van der Waals surface area contributed by atoms with Crippen LogP contribution in [0.2, 0.25) is 0 Å². The maximum absolute atomic E-state index is 11.7.